The molecule has 140 valence electrons. The van der Waals surface area contributed by atoms with Crippen molar-refractivity contribution >= 4 is 29.1 Å². The van der Waals surface area contributed by atoms with Gasteiger partial charge in [0.2, 0.25) is 5.91 Å². The quantitative estimate of drug-likeness (QED) is 0.681. The van der Waals surface area contributed by atoms with Crippen LogP contribution in [-0.2, 0) is 4.79 Å². The molecule has 4 N–H and O–H groups in total. The van der Waals surface area contributed by atoms with Gasteiger partial charge in [-0.3, -0.25) is 9.59 Å². The number of anilines is 1. The molecule has 25 heavy (non-hydrogen) atoms. The maximum absolute atomic E-state index is 12.7. The molecule has 0 atom stereocenters. The number of benzene rings is 1. The Kier molecular flexibility index (Phi) is 7.44. The number of hydrogen-bond donors (Lipinski definition) is 3. The maximum Gasteiger partial charge on any atom is 0.253 e. The smallest absolute Gasteiger partial charge is 0.253 e. The fourth-order valence-corrected chi connectivity index (χ4v) is 2.74. The zero-order valence-corrected chi connectivity index (χ0v) is 16.6. The molecule has 5 nitrogen and oxygen atoms in total. The predicted molar refractivity (Wildman–Crippen MR) is 104 cm³/mol. The van der Waals surface area contributed by atoms with Crippen molar-refractivity contribution in [1.29, 1.82) is 0 Å². The van der Waals surface area contributed by atoms with Gasteiger partial charge in [-0.25, -0.2) is 0 Å². The summed E-state index contributed by atoms with van der Waals surface area (Å²) in [6, 6.07) is 4.91. The Balaban J connectivity index is 2.97. The molecular weight excluding hydrogens is 338 g/mol. The summed E-state index contributed by atoms with van der Waals surface area (Å²) < 4.78 is 0. The summed E-state index contributed by atoms with van der Waals surface area (Å²) >= 11 is 6.19. The van der Waals surface area contributed by atoms with Gasteiger partial charge >= 0.3 is 0 Å². The second kappa shape index (κ2) is 8.68. The highest BCUT2D eigenvalue weighted by Crippen LogP contribution is 2.24. The lowest BCUT2D eigenvalue weighted by molar-refractivity contribution is -0.117. The van der Waals surface area contributed by atoms with E-state index < -0.39 is 5.54 Å². The molecule has 0 unspecified atom stereocenters. The van der Waals surface area contributed by atoms with Crippen LogP contribution < -0.4 is 16.4 Å². The minimum atomic E-state index is -0.452. The van der Waals surface area contributed by atoms with E-state index in [4.69, 9.17) is 17.3 Å². The molecule has 0 saturated carbocycles. The molecule has 0 radical (unpaired) electrons. The number of nitrogens with one attached hydrogen (secondary N) is 2. The second-order valence-electron chi connectivity index (χ2n) is 7.63. The Morgan fingerprint density at radius 3 is 2.24 bits per heavy atom. The normalized spacial score (nSPS) is 12.0. The average molecular weight is 368 g/mol. The highest BCUT2D eigenvalue weighted by atomic mass is 35.5. The van der Waals surface area contributed by atoms with Crippen molar-refractivity contribution in [3.8, 4) is 0 Å². The van der Waals surface area contributed by atoms with Gasteiger partial charge in [0.05, 0.1) is 16.1 Å². The van der Waals surface area contributed by atoms with Crippen molar-refractivity contribution in [2.75, 3.05) is 11.9 Å². The number of amides is 2. The second-order valence-corrected chi connectivity index (χ2v) is 8.03. The van der Waals surface area contributed by atoms with Crippen LogP contribution in [0.3, 0.4) is 0 Å². The van der Waals surface area contributed by atoms with Gasteiger partial charge in [0.25, 0.3) is 5.91 Å². The Bertz CT molecular complexity index is 611. The molecule has 6 heteroatoms. The van der Waals surface area contributed by atoms with E-state index in [1.54, 1.807) is 18.2 Å². The third-order valence-corrected chi connectivity index (χ3v) is 4.64. The lowest BCUT2D eigenvalue weighted by Crippen LogP contribution is -2.52. The molecule has 0 saturated heterocycles. The largest absolute Gasteiger partial charge is 0.345 e. The lowest BCUT2D eigenvalue weighted by atomic mass is 9.92. The summed E-state index contributed by atoms with van der Waals surface area (Å²) in [5.74, 6) is -0.384. The van der Waals surface area contributed by atoms with E-state index in [0.717, 1.165) is 12.8 Å². The molecule has 0 aliphatic heterocycles. The van der Waals surface area contributed by atoms with Crippen LogP contribution in [0.5, 0.6) is 0 Å². The minimum Gasteiger partial charge on any atom is -0.345 e. The van der Waals surface area contributed by atoms with Crippen molar-refractivity contribution in [3.63, 3.8) is 0 Å². The molecule has 0 bridgehead atoms. The van der Waals surface area contributed by atoms with Gasteiger partial charge in [-0.2, -0.15) is 0 Å². The summed E-state index contributed by atoms with van der Waals surface area (Å²) in [5, 5.41) is 6.16. The predicted octanol–water partition coefficient (Wildman–Crippen LogP) is 3.96. The first-order valence-electron chi connectivity index (χ1n) is 8.68. The van der Waals surface area contributed by atoms with Crippen molar-refractivity contribution < 1.29 is 9.59 Å². The SMILES string of the molecule is CCC(CC)(CN)NC(=O)c1cc(NC(=O)CC(C)(C)C)ccc1Cl. The van der Waals surface area contributed by atoms with Crippen LogP contribution in [0.1, 0.15) is 64.2 Å². The van der Waals surface area contributed by atoms with Crippen LogP contribution in [0.4, 0.5) is 5.69 Å². The van der Waals surface area contributed by atoms with Crippen molar-refractivity contribution in [1.82, 2.24) is 5.32 Å². The Labute approximate surface area is 155 Å². The zero-order valence-electron chi connectivity index (χ0n) is 15.8. The van der Waals surface area contributed by atoms with Gasteiger partial charge < -0.3 is 16.4 Å². The summed E-state index contributed by atoms with van der Waals surface area (Å²) in [6.07, 6.45) is 1.84. The maximum atomic E-state index is 12.7. The fourth-order valence-electron chi connectivity index (χ4n) is 2.54. The summed E-state index contributed by atoms with van der Waals surface area (Å²) in [4.78, 5) is 24.8. The summed E-state index contributed by atoms with van der Waals surface area (Å²) in [6.45, 7) is 10.3. The van der Waals surface area contributed by atoms with Gasteiger partial charge in [-0.05, 0) is 36.5 Å². The molecule has 0 aliphatic rings. The van der Waals surface area contributed by atoms with Crippen molar-refractivity contribution in [2.24, 2.45) is 11.1 Å². The monoisotopic (exact) mass is 367 g/mol. The molecule has 0 aromatic heterocycles. The number of carbonyl (C=O) groups excluding carboxylic acids is 2. The van der Waals surface area contributed by atoms with E-state index in [-0.39, 0.29) is 17.2 Å². The van der Waals surface area contributed by atoms with E-state index in [1.807, 2.05) is 34.6 Å². The topological polar surface area (TPSA) is 84.2 Å². The number of nitrogens with two attached hydrogens (primary N) is 1. The number of carbonyl (C=O) groups is 2. The Morgan fingerprint density at radius 1 is 1.16 bits per heavy atom. The van der Waals surface area contributed by atoms with Crippen LogP contribution in [0.25, 0.3) is 0 Å². The molecule has 0 fully saturated rings. The molecule has 1 aromatic rings. The van der Waals surface area contributed by atoms with Crippen LogP contribution in [0.15, 0.2) is 18.2 Å². The highest BCUT2D eigenvalue weighted by molar-refractivity contribution is 6.34. The first kappa shape index (κ1) is 21.5. The summed E-state index contributed by atoms with van der Waals surface area (Å²) in [5.41, 5.74) is 6.16. The average Bonchev–Trinajstić information content (AvgIpc) is 2.52. The standard InChI is InChI=1S/C19H30ClN3O2/c1-6-19(7-2,12-21)23-17(25)14-10-13(8-9-15(14)20)22-16(24)11-18(3,4)5/h8-10H,6-7,11-12,21H2,1-5H3,(H,22,24)(H,23,25). The first-order chi connectivity index (χ1) is 11.6. The van der Waals surface area contributed by atoms with E-state index in [1.165, 1.54) is 0 Å². The first-order valence-corrected chi connectivity index (χ1v) is 9.05. The molecule has 0 spiro atoms. The van der Waals surface area contributed by atoms with E-state index in [0.29, 0.717) is 29.2 Å². The molecule has 0 heterocycles. The van der Waals surface area contributed by atoms with Gasteiger partial charge in [0.1, 0.15) is 0 Å². The van der Waals surface area contributed by atoms with E-state index in [2.05, 4.69) is 10.6 Å². The van der Waals surface area contributed by atoms with Crippen LogP contribution in [0.2, 0.25) is 5.02 Å². The molecule has 0 aliphatic carbocycles. The van der Waals surface area contributed by atoms with Crippen LogP contribution in [-0.4, -0.2) is 23.9 Å². The molecule has 2 amide bonds. The highest BCUT2D eigenvalue weighted by Gasteiger charge is 2.27. The molecule has 1 rings (SSSR count). The number of halogens is 1. The Morgan fingerprint density at radius 2 is 1.76 bits per heavy atom. The Hall–Kier alpha value is -1.59. The van der Waals surface area contributed by atoms with E-state index in [9.17, 15) is 9.59 Å². The van der Waals surface area contributed by atoms with Gasteiger partial charge in [0, 0.05) is 18.7 Å². The van der Waals surface area contributed by atoms with Gasteiger partial charge in [0.15, 0.2) is 0 Å². The number of hydrogen-bond acceptors (Lipinski definition) is 3. The molecule has 1 aromatic carbocycles. The van der Waals surface area contributed by atoms with Crippen molar-refractivity contribution in [3.05, 3.63) is 28.8 Å². The fraction of sp³-hybridized carbons (Fsp3) is 0.579. The van der Waals surface area contributed by atoms with Gasteiger partial charge in [-0.1, -0.05) is 46.2 Å². The summed E-state index contributed by atoms with van der Waals surface area (Å²) in [7, 11) is 0. The minimum absolute atomic E-state index is 0.0976. The lowest BCUT2D eigenvalue weighted by Gasteiger charge is -2.31. The zero-order chi connectivity index (χ0) is 19.3. The number of rotatable bonds is 7. The third kappa shape index (κ3) is 6.33. The van der Waals surface area contributed by atoms with E-state index >= 15 is 0 Å². The van der Waals surface area contributed by atoms with Crippen LogP contribution in [0, 0.1) is 5.41 Å². The van der Waals surface area contributed by atoms with Crippen LogP contribution >= 0.6 is 11.6 Å². The molecular formula is C19H30ClN3O2. The third-order valence-electron chi connectivity index (χ3n) is 4.31. The van der Waals surface area contributed by atoms with Gasteiger partial charge in [-0.15, -0.1) is 0 Å². The van der Waals surface area contributed by atoms with Crippen molar-refractivity contribution in [2.45, 2.75) is 59.4 Å².